The minimum atomic E-state index is 0.418. The van der Waals surface area contributed by atoms with Crippen molar-refractivity contribution < 1.29 is 0 Å². The molecule has 0 atom stereocenters. The van der Waals surface area contributed by atoms with Gasteiger partial charge in [-0.1, -0.05) is 24.3 Å². The molecule has 13 heavy (non-hydrogen) atoms. The van der Waals surface area contributed by atoms with E-state index in [1.807, 2.05) is 0 Å². The van der Waals surface area contributed by atoms with Crippen LogP contribution in [0.4, 0.5) is 0 Å². The first kappa shape index (κ1) is 10.2. The van der Waals surface area contributed by atoms with Crippen molar-refractivity contribution in [3.8, 4) is 0 Å². The highest BCUT2D eigenvalue weighted by Gasteiger charge is 2.06. The molecule has 0 aliphatic carbocycles. The Morgan fingerprint density at radius 3 is 2.31 bits per heavy atom. The Labute approximate surface area is 79.9 Å². The highest BCUT2D eigenvalue weighted by molar-refractivity contribution is 5.25. The van der Waals surface area contributed by atoms with Crippen LogP contribution in [-0.2, 0) is 6.42 Å². The summed E-state index contributed by atoms with van der Waals surface area (Å²) in [6, 6.07) is 8.39. The zero-order chi connectivity index (χ0) is 9.68. The Morgan fingerprint density at radius 2 is 1.77 bits per heavy atom. The average molecular weight is 178 g/mol. The fraction of sp³-hybridized carbons (Fsp3) is 0.455. The van der Waals surface area contributed by atoms with Crippen molar-refractivity contribution in [1.82, 2.24) is 0 Å². The second-order valence-corrected chi connectivity index (χ2v) is 3.47. The van der Waals surface area contributed by atoms with E-state index in [9.17, 15) is 0 Å². The zero-order valence-corrected chi connectivity index (χ0v) is 8.16. The number of hydrogen-bond donors (Lipinski definition) is 2. The fourth-order valence-corrected chi connectivity index (χ4v) is 1.41. The molecule has 2 heteroatoms. The lowest BCUT2D eigenvalue weighted by Crippen LogP contribution is -2.25. The smallest absolute Gasteiger partial charge is 0.00336 e. The van der Waals surface area contributed by atoms with Crippen molar-refractivity contribution in [3.63, 3.8) is 0 Å². The highest BCUT2D eigenvalue weighted by Crippen LogP contribution is 2.11. The Hall–Kier alpha value is -0.860. The van der Waals surface area contributed by atoms with E-state index >= 15 is 0 Å². The molecule has 1 rings (SSSR count). The van der Waals surface area contributed by atoms with Crippen molar-refractivity contribution >= 4 is 0 Å². The summed E-state index contributed by atoms with van der Waals surface area (Å²) < 4.78 is 0. The molecule has 0 unspecified atom stereocenters. The van der Waals surface area contributed by atoms with Gasteiger partial charge in [-0.15, -0.1) is 0 Å². The first-order valence-electron chi connectivity index (χ1n) is 4.72. The van der Waals surface area contributed by atoms with Crippen LogP contribution < -0.4 is 11.5 Å². The minimum Gasteiger partial charge on any atom is -0.330 e. The number of aryl methyl sites for hydroxylation is 1. The van der Waals surface area contributed by atoms with Crippen molar-refractivity contribution in [2.75, 3.05) is 13.1 Å². The normalized spacial score (nSPS) is 10.8. The van der Waals surface area contributed by atoms with Crippen molar-refractivity contribution in [2.45, 2.75) is 13.3 Å². The first-order valence-corrected chi connectivity index (χ1v) is 4.72. The van der Waals surface area contributed by atoms with Gasteiger partial charge < -0.3 is 11.5 Å². The fourth-order valence-electron chi connectivity index (χ4n) is 1.41. The van der Waals surface area contributed by atoms with Crippen LogP contribution in [0.2, 0.25) is 0 Å². The summed E-state index contributed by atoms with van der Waals surface area (Å²) in [5, 5.41) is 0. The van der Waals surface area contributed by atoms with Gasteiger partial charge >= 0.3 is 0 Å². The zero-order valence-electron chi connectivity index (χ0n) is 8.16. The van der Waals surface area contributed by atoms with Crippen LogP contribution in [-0.4, -0.2) is 13.1 Å². The maximum atomic E-state index is 5.60. The van der Waals surface area contributed by atoms with Gasteiger partial charge in [-0.2, -0.15) is 0 Å². The van der Waals surface area contributed by atoms with E-state index in [4.69, 9.17) is 11.5 Å². The third-order valence-electron chi connectivity index (χ3n) is 2.44. The molecule has 0 saturated carbocycles. The van der Waals surface area contributed by atoms with Gasteiger partial charge in [-0.05, 0) is 43.5 Å². The van der Waals surface area contributed by atoms with Crippen molar-refractivity contribution in [1.29, 1.82) is 0 Å². The Morgan fingerprint density at radius 1 is 1.15 bits per heavy atom. The van der Waals surface area contributed by atoms with E-state index in [1.54, 1.807) is 0 Å². The van der Waals surface area contributed by atoms with Crippen LogP contribution in [0.25, 0.3) is 0 Å². The lowest BCUT2D eigenvalue weighted by molar-refractivity contribution is 0.547. The number of hydrogen-bond acceptors (Lipinski definition) is 2. The SMILES string of the molecule is Cc1ccccc1CC(CN)CN. The quantitative estimate of drug-likeness (QED) is 0.724. The van der Waals surface area contributed by atoms with Gasteiger partial charge in [0.1, 0.15) is 0 Å². The molecule has 4 N–H and O–H groups in total. The predicted molar refractivity (Wildman–Crippen MR) is 56.5 cm³/mol. The molecule has 1 aromatic carbocycles. The average Bonchev–Trinajstić information content (AvgIpc) is 2.17. The van der Waals surface area contributed by atoms with Crippen LogP contribution in [0.5, 0.6) is 0 Å². The lowest BCUT2D eigenvalue weighted by atomic mass is 9.96. The molecule has 0 heterocycles. The van der Waals surface area contributed by atoms with E-state index in [-0.39, 0.29) is 0 Å². The molecule has 0 aliphatic rings. The van der Waals surface area contributed by atoms with Crippen molar-refractivity contribution in [3.05, 3.63) is 35.4 Å². The molecule has 0 amide bonds. The van der Waals surface area contributed by atoms with Crippen LogP contribution in [0.3, 0.4) is 0 Å². The molecule has 0 aliphatic heterocycles. The summed E-state index contributed by atoms with van der Waals surface area (Å²) in [5.41, 5.74) is 13.9. The molecular weight excluding hydrogens is 160 g/mol. The van der Waals surface area contributed by atoms with Gasteiger partial charge in [0.15, 0.2) is 0 Å². The molecule has 0 radical (unpaired) electrons. The third-order valence-corrected chi connectivity index (χ3v) is 2.44. The van der Waals surface area contributed by atoms with Gasteiger partial charge in [-0.3, -0.25) is 0 Å². The summed E-state index contributed by atoms with van der Waals surface area (Å²) in [5.74, 6) is 0.418. The lowest BCUT2D eigenvalue weighted by Gasteiger charge is -2.13. The van der Waals surface area contributed by atoms with Gasteiger partial charge in [0.25, 0.3) is 0 Å². The molecular formula is C11H18N2. The number of benzene rings is 1. The van der Waals surface area contributed by atoms with Crippen molar-refractivity contribution in [2.24, 2.45) is 17.4 Å². The van der Waals surface area contributed by atoms with E-state index in [1.165, 1.54) is 11.1 Å². The maximum Gasteiger partial charge on any atom is -0.00336 e. The van der Waals surface area contributed by atoms with E-state index in [2.05, 4.69) is 31.2 Å². The standard InChI is InChI=1S/C11H18N2/c1-9-4-2-3-5-11(9)6-10(7-12)8-13/h2-5,10H,6-8,12-13H2,1H3. The van der Waals surface area contributed by atoms with Crippen LogP contribution in [0.1, 0.15) is 11.1 Å². The number of nitrogens with two attached hydrogens (primary N) is 2. The third kappa shape index (κ3) is 2.83. The van der Waals surface area contributed by atoms with Crippen LogP contribution in [0, 0.1) is 12.8 Å². The van der Waals surface area contributed by atoms with E-state index in [0.29, 0.717) is 19.0 Å². The van der Waals surface area contributed by atoms with Gasteiger partial charge in [0.2, 0.25) is 0 Å². The molecule has 0 bridgehead atoms. The molecule has 1 aromatic rings. The Balaban J connectivity index is 2.67. The summed E-state index contributed by atoms with van der Waals surface area (Å²) >= 11 is 0. The molecule has 72 valence electrons. The molecule has 0 spiro atoms. The first-order chi connectivity index (χ1) is 6.27. The summed E-state index contributed by atoms with van der Waals surface area (Å²) in [6.45, 7) is 3.47. The van der Waals surface area contributed by atoms with Gasteiger partial charge in [0, 0.05) is 0 Å². The molecule has 0 saturated heterocycles. The molecule has 0 fully saturated rings. The van der Waals surface area contributed by atoms with E-state index < -0.39 is 0 Å². The maximum absolute atomic E-state index is 5.60. The largest absolute Gasteiger partial charge is 0.330 e. The van der Waals surface area contributed by atoms with Gasteiger partial charge in [-0.25, -0.2) is 0 Å². The Bertz CT molecular complexity index is 254. The summed E-state index contributed by atoms with van der Waals surface area (Å²) in [4.78, 5) is 0. The number of rotatable bonds is 4. The minimum absolute atomic E-state index is 0.418. The van der Waals surface area contributed by atoms with Crippen LogP contribution >= 0.6 is 0 Å². The van der Waals surface area contributed by atoms with E-state index in [0.717, 1.165) is 6.42 Å². The topological polar surface area (TPSA) is 52.0 Å². The Kier molecular flexibility index (Phi) is 3.93. The summed E-state index contributed by atoms with van der Waals surface area (Å²) in [7, 11) is 0. The van der Waals surface area contributed by atoms with Crippen LogP contribution in [0.15, 0.2) is 24.3 Å². The summed E-state index contributed by atoms with van der Waals surface area (Å²) in [6.07, 6.45) is 1.000. The van der Waals surface area contributed by atoms with Gasteiger partial charge in [0.05, 0.1) is 0 Å². The molecule has 2 nitrogen and oxygen atoms in total. The predicted octanol–water partition coefficient (Wildman–Crippen LogP) is 1.07. The molecule has 0 aromatic heterocycles. The monoisotopic (exact) mass is 178 g/mol. The second-order valence-electron chi connectivity index (χ2n) is 3.47. The second kappa shape index (κ2) is 5.00. The highest BCUT2D eigenvalue weighted by atomic mass is 14.6.